The van der Waals surface area contributed by atoms with Gasteiger partial charge in [0.15, 0.2) is 5.17 Å². The molecule has 1 heterocycles. The van der Waals surface area contributed by atoms with Crippen LogP contribution in [-0.4, -0.2) is 49.4 Å². The second-order valence-corrected chi connectivity index (χ2v) is 9.44. The molecule has 0 radical (unpaired) electrons. The molecule has 0 atom stereocenters. The van der Waals surface area contributed by atoms with Crippen molar-refractivity contribution in [2.24, 2.45) is 4.40 Å². The molecule has 2 fully saturated rings. The highest BCUT2D eigenvalue weighted by atomic mass is 32.2. The standard InChI is InChI=1S/C18H22FN3O3S2/c1-21(2)12-16-17(23)22(14-6-4-3-5-7-14)18(26-16)20-27(24,25)15-10-8-13(19)9-11-15/h8-12,14H,3-7H2,1-2H3/b16-12+,20-18?. The Labute approximate surface area is 163 Å². The van der Waals surface area contributed by atoms with Crippen LogP contribution in [0.15, 0.2) is 44.7 Å². The van der Waals surface area contributed by atoms with Crippen molar-refractivity contribution in [3.05, 3.63) is 41.2 Å². The Bertz CT molecular complexity index is 874. The van der Waals surface area contributed by atoms with Gasteiger partial charge in [0.25, 0.3) is 15.9 Å². The number of carbonyl (C=O) groups excluding carboxylic acids is 1. The van der Waals surface area contributed by atoms with E-state index < -0.39 is 15.8 Å². The molecule has 1 aliphatic carbocycles. The number of rotatable bonds is 4. The molecule has 1 aromatic carbocycles. The Hall–Kier alpha value is -1.87. The van der Waals surface area contributed by atoms with Gasteiger partial charge in [0, 0.05) is 26.3 Å². The Morgan fingerprint density at radius 3 is 2.41 bits per heavy atom. The van der Waals surface area contributed by atoms with Gasteiger partial charge >= 0.3 is 0 Å². The first kappa shape index (κ1) is 19.9. The van der Waals surface area contributed by atoms with Crippen molar-refractivity contribution in [3.8, 4) is 0 Å². The third kappa shape index (κ3) is 4.52. The molecular formula is C18H22FN3O3S2. The first-order valence-corrected chi connectivity index (χ1v) is 11.0. The molecule has 0 bridgehead atoms. The highest BCUT2D eigenvalue weighted by Crippen LogP contribution is 2.37. The molecular weight excluding hydrogens is 389 g/mol. The van der Waals surface area contributed by atoms with Gasteiger partial charge in [-0.15, -0.1) is 4.40 Å². The molecule has 146 valence electrons. The minimum absolute atomic E-state index is 0.0472. The summed E-state index contributed by atoms with van der Waals surface area (Å²) in [5.74, 6) is -0.735. The van der Waals surface area contributed by atoms with Crippen molar-refractivity contribution in [1.82, 2.24) is 9.80 Å². The van der Waals surface area contributed by atoms with Gasteiger partial charge in [0.2, 0.25) is 0 Å². The lowest BCUT2D eigenvalue weighted by atomic mass is 9.94. The normalized spacial score (nSPS) is 22.0. The Morgan fingerprint density at radius 2 is 1.81 bits per heavy atom. The molecule has 9 heteroatoms. The van der Waals surface area contributed by atoms with E-state index in [1.165, 1.54) is 17.0 Å². The van der Waals surface area contributed by atoms with Gasteiger partial charge < -0.3 is 4.90 Å². The number of amides is 1. The average Bonchev–Trinajstić information content (AvgIpc) is 2.90. The summed E-state index contributed by atoms with van der Waals surface area (Å²) in [6.07, 6.45) is 6.46. The van der Waals surface area contributed by atoms with E-state index in [1.807, 2.05) is 0 Å². The predicted octanol–water partition coefficient (Wildman–Crippen LogP) is 3.18. The van der Waals surface area contributed by atoms with Crippen molar-refractivity contribution in [1.29, 1.82) is 0 Å². The number of halogens is 1. The predicted molar refractivity (Wildman–Crippen MR) is 104 cm³/mol. The Morgan fingerprint density at radius 1 is 1.19 bits per heavy atom. The summed E-state index contributed by atoms with van der Waals surface area (Å²) >= 11 is 1.07. The van der Waals surface area contributed by atoms with Gasteiger partial charge in [-0.3, -0.25) is 9.69 Å². The summed E-state index contributed by atoms with van der Waals surface area (Å²) in [6.45, 7) is 0. The van der Waals surface area contributed by atoms with E-state index in [9.17, 15) is 17.6 Å². The Balaban J connectivity index is 1.99. The van der Waals surface area contributed by atoms with Crippen molar-refractivity contribution < 1.29 is 17.6 Å². The zero-order valence-electron chi connectivity index (χ0n) is 15.3. The number of nitrogens with zero attached hydrogens (tertiary/aromatic N) is 3. The van der Waals surface area contributed by atoms with E-state index in [0.29, 0.717) is 4.91 Å². The highest BCUT2D eigenvalue weighted by Gasteiger charge is 2.40. The van der Waals surface area contributed by atoms with Crippen LogP contribution in [0.3, 0.4) is 0 Å². The lowest BCUT2D eigenvalue weighted by molar-refractivity contribution is -0.124. The van der Waals surface area contributed by atoms with E-state index in [2.05, 4.69) is 4.40 Å². The number of carbonyl (C=O) groups is 1. The Kier molecular flexibility index (Phi) is 5.90. The molecule has 0 spiro atoms. The fourth-order valence-electron chi connectivity index (χ4n) is 3.20. The average molecular weight is 412 g/mol. The van der Waals surface area contributed by atoms with Crippen LogP contribution in [0.5, 0.6) is 0 Å². The van der Waals surface area contributed by atoms with Gasteiger partial charge in [-0.05, 0) is 48.9 Å². The summed E-state index contributed by atoms with van der Waals surface area (Å²) < 4.78 is 42.4. The topological polar surface area (TPSA) is 70.1 Å². The number of hydrogen-bond donors (Lipinski definition) is 0. The quantitative estimate of drug-likeness (QED) is 0.712. The highest BCUT2D eigenvalue weighted by molar-refractivity contribution is 8.19. The van der Waals surface area contributed by atoms with E-state index in [4.69, 9.17) is 0 Å². The van der Waals surface area contributed by atoms with Crippen molar-refractivity contribution >= 4 is 32.9 Å². The lowest BCUT2D eigenvalue weighted by Gasteiger charge is -2.30. The first-order chi connectivity index (χ1) is 12.8. The number of hydrogen-bond acceptors (Lipinski definition) is 5. The largest absolute Gasteiger partial charge is 0.382 e. The second-order valence-electron chi connectivity index (χ2n) is 6.83. The van der Waals surface area contributed by atoms with Gasteiger partial charge in [-0.1, -0.05) is 19.3 Å². The third-order valence-electron chi connectivity index (χ3n) is 4.46. The number of benzene rings is 1. The molecule has 0 unspecified atom stereocenters. The molecule has 2 aliphatic rings. The van der Waals surface area contributed by atoms with E-state index in [1.54, 1.807) is 25.2 Å². The SMILES string of the molecule is CN(C)/C=C1/SC(=NS(=O)(=O)c2ccc(F)cc2)N(C2CCCCC2)C1=O. The van der Waals surface area contributed by atoms with Crippen LogP contribution in [0.25, 0.3) is 0 Å². The van der Waals surface area contributed by atoms with Crippen LogP contribution < -0.4 is 0 Å². The summed E-state index contributed by atoms with van der Waals surface area (Å²) in [5.41, 5.74) is 0. The summed E-state index contributed by atoms with van der Waals surface area (Å²) in [4.78, 5) is 16.5. The van der Waals surface area contributed by atoms with Crippen LogP contribution in [0.1, 0.15) is 32.1 Å². The zero-order chi connectivity index (χ0) is 19.6. The van der Waals surface area contributed by atoms with Gasteiger partial charge in [0.1, 0.15) is 5.82 Å². The second kappa shape index (κ2) is 8.02. The molecule has 27 heavy (non-hydrogen) atoms. The van der Waals surface area contributed by atoms with Gasteiger partial charge in [0.05, 0.1) is 9.80 Å². The van der Waals surface area contributed by atoms with Crippen LogP contribution in [0.2, 0.25) is 0 Å². The van der Waals surface area contributed by atoms with E-state index in [0.717, 1.165) is 56.0 Å². The van der Waals surface area contributed by atoms with Crippen molar-refractivity contribution in [2.75, 3.05) is 14.1 Å². The molecule has 0 aromatic heterocycles. The maximum absolute atomic E-state index is 13.1. The molecule has 1 amide bonds. The van der Waals surface area contributed by atoms with Crippen LogP contribution >= 0.6 is 11.8 Å². The molecule has 1 aromatic rings. The number of sulfonamides is 1. The molecule has 6 nitrogen and oxygen atoms in total. The third-order valence-corrected chi connectivity index (χ3v) is 6.83. The fraction of sp³-hybridized carbons (Fsp3) is 0.444. The summed E-state index contributed by atoms with van der Waals surface area (Å²) in [6, 6.07) is 4.47. The molecule has 1 saturated carbocycles. The molecule has 1 aliphatic heterocycles. The number of thioether (sulfide) groups is 1. The monoisotopic (exact) mass is 411 g/mol. The van der Waals surface area contributed by atoms with Crippen LogP contribution in [-0.2, 0) is 14.8 Å². The fourth-order valence-corrected chi connectivity index (χ4v) is 5.50. The van der Waals surface area contributed by atoms with E-state index in [-0.39, 0.29) is 22.0 Å². The first-order valence-electron chi connectivity index (χ1n) is 8.78. The van der Waals surface area contributed by atoms with Gasteiger partial charge in [-0.2, -0.15) is 8.42 Å². The van der Waals surface area contributed by atoms with Crippen molar-refractivity contribution in [3.63, 3.8) is 0 Å². The minimum Gasteiger partial charge on any atom is -0.382 e. The molecule has 3 rings (SSSR count). The smallest absolute Gasteiger partial charge is 0.284 e. The maximum atomic E-state index is 13.1. The van der Waals surface area contributed by atoms with Gasteiger partial charge in [-0.25, -0.2) is 4.39 Å². The summed E-state index contributed by atoms with van der Waals surface area (Å²) in [5, 5.41) is 0.171. The van der Waals surface area contributed by atoms with Crippen molar-refractivity contribution in [2.45, 2.75) is 43.0 Å². The molecule has 1 saturated heterocycles. The minimum atomic E-state index is -4.04. The molecule has 0 N–H and O–H groups in total. The maximum Gasteiger partial charge on any atom is 0.284 e. The number of amidine groups is 1. The lowest BCUT2D eigenvalue weighted by Crippen LogP contribution is -2.40. The zero-order valence-corrected chi connectivity index (χ0v) is 16.9. The van der Waals surface area contributed by atoms with E-state index >= 15 is 0 Å². The van der Waals surface area contributed by atoms with Crippen LogP contribution in [0, 0.1) is 5.82 Å². The van der Waals surface area contributed by atoms with Crippen LogP contribution in [0.4, 0.5) is 4.39 Å². The summed E-state index contributed by atoms with van der Waals surface area (Å²) in [7, 11) is -0.438.